The molecule has 1 aromatic rings. The zero-order chi connectivity index (χ0) is 15.7. The van der Waals surface area contributed by atoms with Crippen molar-refractivity contribution >= 4 is 5.91 Å². The van der Waals surface area contributed by atoms with E-state index in [0.29, 0.717) is 31.7 Å². The van der Waals surface area contributed by atoms with Crippen LogP contribution in [-0.2, 0) is 11.2 Å². The molecule has 3 rings (SSSR count). The second-order valence-electron chi connectivity index (χ2n) is 5.98. The molecule has 22 heavy (non-hydrogen) atoms. The van der Waals surface area contributed by atoms with E-state index < -0.39 is 0 Å². The minimum Gasteiger partial charge on any atom is -0.369 e. The lowest BCUT2D eigenvalue weighted by atomic mass is 9.99. The molecule has 0 saturated carbocycles. The Balaban J connectivity index is 1.73. The van der Waals surface area contributed by atoms with Crippen molar-refractivity contribution in [3.05, 3.63) is 17.0 Å². The van der Waals surface area contributed by atoms with Gasteiger partial charge in [-0.1, -0.05) is 0 Å². The predicted octanol–water partition coefficient (Wildman–Crippen LogP) is 0.713. The Morgan fingerprint density at radius 2 is 2.14 bits per heavy atom. The number of aromatic amines is 1. The zero-order valence-corrected chi connectivity index (χ0v) is 13.0. The van der Waals surface area contributed by atoms with E-state index in [2.05, 4.69) is 21.2 Å². The number of hydrogen-bond acceptors (Lipinski definition) is 5. The van der Waals surface area contributed by atoms with Gasteiger partial charge in [-0.05, 0) is 13.8 Å². The smallest absolute Gasteiger partial charge is 0.274 e. The summed E-state index contributed by atoms with van der Waals surface area (Å²) in [6, 6.07) is 2.15. The van der Waals surface area contributed by atoms with Gasteiger partial charge < -0.3 is 9.64 Å². The van der Waals surface area contributed by atoms with E-state index in [1.807, 2.05) is 18.7 Å². The fourth-order valence-electron chi connectivity index (χ4n) is 3.21. The van der Waals surface area contributed by atoms with E-state index in [1.165, 1.54) is 0 Å². The number of aromatic nitrogens is 2. The van der Waals surface area contributed by atoms with Gasteiger partial charge in [0.05, 0.1) is 30.5 Å². The standard InChI is InChI=1S/C15H21N5O2/c1-10-9-12-13(11(2)22-10)17-18-14(12)15(21)20-7-5-19(4-3-16)6-8-20/h10-11H,4-9H2,1-2H3,(H,17,18)/t10-,11+/m1/s1. The summed E-state index contributed by atoms with van der Waals surface area (Å²) in [6.45, 7) is 7.17. The highest BCUT2D eigenvalue weighted by Crippen LogP contribution is 2.30. The highest BCUT2D eigenvalue weighted by atomic mass is 16.5. The number of carbonyl (C=O) groups excluding carboxylic acids is 1. The Kier molecular flexibility index (Phi) is 4.14. The highest BCUT2D eigenvalue weighted by molar-refractivity contribution is 5.94. The van der Waals surface area contributed by atoms with Gasteiger partial charge in [-0.15, -0.1) is 0 Å². The van der Waals surface area contributed by atoms with Gasteiger partial charge in [-0.25, -0.2) is 0 Å². The van der Waals surface area contributed by atoms with Gasteiger partial charge in [0.2, 0.25) is 0 Å². The van der Waals surface area contributed by atoms with Crippen LogP contribution in [0.25, 0.3) is 0 Å². The molecule has 1 amide bonds. The first-order valence-corrected chi connectivity index (χ1v) is 7.71. The van der Waals surface area contributed by atoms with Gasteiger partial charge in [-0.3, -0.25) is 14.8 Å². The predicted molar refractivity (Wildman–Crippen MR) is 79.2 cm³/mol. The molecule has 2 aliphatic rings. The van der Waals surface area contributed by atoms with Gasteiger partial charge in [0.25, 0.3) is 5.91 Å². The molecule has 3 heterocycles. The number of amides is 1. The van der Waals surface area contributed by atoms with Gasteiger partial charge in [0.15, 0.2) is 5.69 Å². The molecule has 7 nitrogen and oxygen atoms in total. The van der Waals surface area contributed by atoms with Crippen LogP contribution < -0.4 is 0 Å². The topological polar surface area (TPSA) is 85.3 Å². The first-order valence-electron chi connectivity index (χ1n) is 7.71. The van der Waals surface area contributed by atoms with Gasteiger partial charge in [0, 0.05) is 38.2 Å². The van der Waals surface area contributed by atoms with Crippen LogP contribution in [0.4, 0.5) is 0 Å². The molecule has 0 bridgehead atoms. The normalized spacial score (nSPS) is 25.6. The summed E-state index contributed by atoms with van der Waals surface area (Å²) < 4.78 is 5.76. The maximum Gasteiger partial charge on any atom is 0.274 e. The van der Waals surface area contributed by atoms with Crippen molar-refractivity contribution in [1.82, 2.24) is 20.0 Å². The molecule has 1 aromatic heterocycles. The minimum atomic E-state index is -0.0553. The Bertz CT molecular complexity index is 598. The molecular formula is C15H21N5O2. The molecule has 0 spiro atoms. The van der Waals surface area contributed by atoms with Crippen molar-refractivity contribution in [2.45, 2.75) is 32.5 Å². The summed E-state index contributed by atoms with van der Waals surface area (Å²) in [5.41, 5.74) is 2.45. The van der Waals surface area contributed by atoms with E-state index in [-0.39, 0.29) is 18.1 Å². The molecule has 2 aliphatic heterocycles. The van der Waals surface area contributed by atoms with E-state index in [0.717, 1.165) is 24.3 Å². The van der Waals surface area contributed by atoms with Crippen LogP contribution in [0.5, 0.6) is 0 Å². The number of nitrogens with zero attached hydrogens (tertiary/aromatic N) is 4. The molecule has 7 heteroatoms. The van der Waals surface area contributed by atoms with Gasteiger partial charge in [0.1, 0.15) is 0 Å². The number of nitrogens with one attached hydrogen (secondary N) is 1. The fraction of sp³-hybridized carbons (Fsp3) is 0.667. The number of ether oxygens (including phenoxy) is 1. The lowest BCUT2D eigenvalue weighted by Crippen LogP contribution is -2.49. The van der Waals surface area contributed by atoms with Gasteiger partial charge in [-0.2, -0.15) is 10.4 Å². The summed E-state index contributed by atoms with van der Waals surface area (Å²) >= 11 is 0. The Morgan fingerprint density at radius 1 is 1.41 bits per heavy atom. The van der Waals surface area contributed by atoms with Crippen molar-refractivity contribution < 1.29 is 9.53 Å². The largest absolute Gasteiger partial charge is 0.369 e. The maximum atomic E-state index is 12.7. The highest BCUT2D eigenvalue weighted by Gasteiger charge is 2.32. The third-order valence-corrected chi connectivity index (χ3v) is 4.39. The summed E-state index contributed by atoms with van der Waals surface area (Å²) in [4.78, 5) is 16.6. The second-order valence-corrected chi connectivity index (χ2v) is 5.98. The number of nitriles is 1. The van der Waals surface area contributed by atoms with E-state index in [1.54, 1.807) is 0 Å². The van der Waals surface area contributed by atoms with Gasteiger partial charge >= 0.3 is 0 Å². The van der Waals surface area contributed by atoms with Crippen LogP contribution in [0.3, 0.4) is 0 Å². The van der Waals surface area contributed by atoms with Crippen molar-refractivity contribution in [3.8, 4) is 6.07 Å². The third-order valence-electron chi connectivity index (χ3n) is 4.39. The average Bonchev–Trinajstić information content (AvgIpc) is 2.91. The number of piperazine rings is 1. The molecule has 1 fully saturated rings. The SMILES string of the molecule is C[C@@H]1Cc2c(C(=O)N3CCN(CC#N)CC3)n[nH]c2[C@H](C)O1. The van der Waals surface area contributed by atoms with E-state index in [9.17, 15) is 4.79 Å². The number of carbonyl (C=O) groups is 1. The fourth-order valence-corrected chi connectivity index (χ4v) is 3.21. The van der Waals surface area contributed by atoms with Crippen LogP contribution in [0.2, 0.25) is 0 Å². The van der Waals surface area contributed by atoms with Crippen LogP contribution in [0.15, 0.2) is 0 Å². The quantitative estimate of drug-likeness (QED) is 0.813. The summed E-state index contributed by atoms with van der Waals surface area (Å²) in [6.07, 6.45) is 0.755. The molecule has 0 aliphatic carbocycles. The van der Waals surface area contributed by atoms with Crippen molar-refractivity contribution in [2.24, 2.45) is 0 Å². The second kappa shape index (κ2) is 6.07. The van der Waals surface area contributed by atoms with Crippen LogP contribution >= 0.6 is 0 Å². The molecule has 0 radical (unpaired) electrons. The Hall–Kier alpha value is -1.91. The summed E-state index contributed by atoms with van der Waals surface area (Å²) in [7, 11) is 0. The molecule has 0 aromatic carbocycles. The molecule has 118 valence electrons. The molecule has 0 unspecified atom stereocenters. The Morgan fingerprint density at radius 3 is 2.82 bits per heavy atom. The third kappa shape index (κ3) is 2.72. The lowest BCUT2D eigenvalue weighted by Gasteiger charge is -2.33. The average molecular weight is 303 g/mol. The number of fused-ring (bicyclic) bond motifs is 1. The van der Waals surface area contributed by atoms with Crippen molar-refractivity contribution in [1.29, 1.82) is 5.26 Å². The number of H-pyrrole nitrogens is 1. The van der Waals surface area contributed by atoms with E-state index >= 15 is 0 Å². The van der Waals surface area contributed by atoms with Crippen LogP contribution in [-0.4, -0.2) is 64.7 Å². The first-order chi connectivity index (χ1) is 10.6. The number of hydrogen-bond donors (Lipinski definition) is 1. The first kappa shape index (κ1) is 15.0. The lowest BCUT2D eigenvalue weighted by molar-refractivity contribution is -0.00704. The van der Waals surface area contributed by atoms with E-state index in [4.69, 9.17) is 10.00 Å². The molecular weight excluding hydrogens is 282 g/mol. The molecule has 1 saturated heterocycles. The molecule has 1 N–H and O–H groups in total. The zero-order valence-electron chi connectivity index (χ0n) is 13.0. The van der Waals surface area contributed by atoms with Crippen LogP contribution in [0, 0.1) is 11.3 Å². The number of rotatable bonds is 2. The monoisotopic (exact) mass is 303 g/mol. The van der Waals surface area contributed by atoms with Crippen molar-refractivity contribution in [3.63, 3.8) is 0 Å². The van der Waals surface area contributed by atoms with Crippen molar-refractivity contribution in [2.75, 3.05) is 32.7 Å². The minimum absolute atomic E-state index is 0.0181. The summed E-state index contributed by atoms with van der Waals surface area (Å²) in [5.74, 6) is -0.0181. The maximum absolute atomic E-state index is 12.7. The van der Waals surface area contributed by atoms with Crippen LogP contribution in [0.1, 0.15) is 41.7 Å². The Labute approximate surface area is 129 Å². The summed E-state index contributed by atoms with van der Waals surface area (Å²) in [5, 5.41) is 15.9. The molecule has 2 atom stereocenters.